The van der Waals surface area contributed by atoms with E-state index in [9.17, 15) is 0 Å². The Balaban J connectivity index is 1.99. The molecule has 0 aliphatic carbocycles. The van der Waals surface area contributed by atoms with E-state index in [1.165, 1.54) is 44.8 Å². The first kappa shape index (κ1) is 17.0. The molecule has 2 aromatic rings. The summed E-state index contributed by atoms with van der Waals surface area (Å²) in [6.45, 7) is 16.3. The van der Waals surface area contributed by atoms with Crippen molar-refractivity contribution in [2.45, 2.75) is 41.5 Å². The molecule has 2 aromatic carbocycles. The number of rotatable bonds is 2. The molecular formula is C22H30N2. The molecule has 2 heteroatoms. The number of hydrogen-bond acceptors (Lipinski definition) is 1. The van der Waals surface area contributed by atoms with Gasteiger partial charge in [0.05, 0.1) is 13.1 Å². The lowest BCUT2D eigenvalue weighted by Crippen LogP contribution is -2.43. The Morgan fingerprint density at radius 3 is 1.75 bits per heavy atom. The van der Waals surface area contributed by atoms with Crippen LogP contribution in [0.1, 0.15) is 33.4 Å². The SMILES string of the molecule is [CH2-][N+]1(c2c(C)cc(C)cc2C)CCN(c2c(C)cc(C)cc2C)C1. The Hall–Kier alpha value is -1.80. The van der Waals surface area contributed by atoms with Gasteiger partial charge in [-0.05, 0) is 52.7 Å². The quantitative estimate of drug-likeness (QED) is 0.548. The minimum atomic E-state index is 0.755. The number of nitrogens with zero attached hydrogens (tertiary/aromatic N) is 2. The fourth-order valence-electron chi connectivity index (χ4n) is 4.74. The summed E-state index contributed by atoms with van der Waals surface area (Å²) in [5.74, 6) is 0. The lowest BCUT2D eigenvalue weighted by molar-refractivity contribution is 0.445. The zero-order valence-electron chi connectivity index (χ0n) is 16.0. The van der Waals surface area contributed by atoms with Crippen LogP contribution < -0.4 is 9.38 Å². The average molecular weight is 322 g/mol. The highest BCUT2D eigenvalue weighted by Gasteiger charge is 2.33. The van der Waals surface area contributed by atoms with Crippen LogP contribution in [0.15, 0.2) is 24.3 Å². The number of aryl methyl sites for hydroxylation is 6. The Morgan fingerprint density at radius 2 is 1.25 bits per heavy atom. The molecule has 0 saturated carbocycles. The van der Waals surface area contributed by atoms with Gasteiger partial charge in [-0.2, -0.15) is 0 Å². The second-order valence-electron chi connectivity index (χ2n) is 7.77. The van der Waals surface area contributed by atoms with E-state index < -0.39 is 0 Å². The molecule has 0 aromatic heterocycles. The van der Waals surface area contributed by atoms with Crippen molar-refractivity contribution in [3.8, 4) is 0 Å². The highest BCUT2D eigenvalue weighted by atomic mass is 15.5. The van der Waals surface area contributed by atoms with E-state index in [1.54, 1.807) is 0 Å². The standard InChI is InChI=1S/C22H30N2/c1-15-10-17(3)21(18(4)11-15)23-8-9-24(7,14-23)22-19(5)12-16(2)13-20(22)6/h10-13H,7-9,14H2,1-6H3. The van der Waals surface area contributed by atoms with Crippen LogP contribution in [0.25, 0.3) is 0 Å². The molecule has 0 N–H and O–H groups in total. The molecule has 128 valence electrons. The molecule has 0 amide bonds. The third kappa shape index (κ3) is 2.84. The molecular weight excluding hydrogens is 292 g/mol. The second kappa shape index (κ2) is 5.93. The molecule has 1 aliphatic rings. The normalized spacial score (nSPS) is 20.7. The van der Waals surface area contributed by atoms with Crippen LogP contribution in [0.3, 0.4) is 0 Å². The number of anilines is 1. The maximum absolute atomic E-state index is 4.64. The van der Waals surface area contributed by atoms with E-state index in [0.29, 0.717) is 0 Å². The van der Waals surface area contributed by atoms with Gasteiger partial charge >= 0.3 is 0 Å². The zero-order chi connectivity index (χ0) is 17.6. The molecule has 24 heavy (non-hydrogen) atoms. The van der Waals surface area contributed by atoms with E-state index in [1.807, 2.05) is 0 Å². The topological polar surface area (TPSA) is 3.24 Å². The van der Waals surface area contributed by atoms with E-state index >= 15 is 0 Å². The first-order valence-electron chi connectivity index (χ1n) is 8.84. The summed E-state index contributed by atoms with van der Waals surface area (Å²) in [7, 11) is 4.64. The van der Waals surface area contributed by atoms with Crippen LogP contribution in [0.2, 0.25) is 0 Å². The van der Waals surface area contributed by atoms with Crippen LogP contribution in [-0.2, 0) is 0 Å². The van der Waals surface area contributed by atoms with E-state index in [4.69, 9.17) is 0 Å². The molecule has 1 aliphatic heterocycles. The Kier molecular flexibility index (Phi) is 4.21. The van der Waals surface area contributed by atoms with Gasteiger partial charge in [-0.15, -0.1) is 7.05 Å². The Bertz CT molecular complexity index is 745. The van der Waals surface area contributed by atoms with Crippen molar-refractivity contribution in [2.75, 3.05) is 24.7 Å². The first-order valence-corrected chi connectivity index (χ1v) is 8.84. The highest BCUT2D eigenvalue weighted by molar-refractivity contribution is 5.64. The summed E-state index contributed by atoms with van der Waals surface area (Å²) < 4.78 is 0.755. The van der Waals surface area contributed by atoms with E-state index in [-0.39, 0.29) is 0 Å². The summed E-state index contributed by atoms with van der Waals surface area (Å²) in [5, 5.41) is 0. The molecule has 0 spiro atoms. The summed E-state index contributed by atoms with van der Waals surface area (Å²) >= 11 is 0. The van der Waals surface area contributed by atoms with Gasteiger partial charge in [0.2, 0.25) is 0 Å². The summed E-state index contributed by atoms with van der Waals surface area (Å²) in [4.78, 5) is 2.52. The molecule has 3 rings (SSSR count). The predicted molar refractivity (Wildman–Crippen MR) is 106 cm³/mol. The molecule has 0 bridgehead atoms. The monoisotopic (exact) mass is 322 g/mol. The fraction of sp³-hybridized carbons (Fsp3) is 0.409. The van der Waals surface area contributed by atoms with Crippen molar-refractivity contribution in [3.63, 3.8) is 0 Å². The van der Waals surface area contributed by atoms with Crippen LogP contribution in [0.4, 0.5) is 11.4 Å². The van der Waals surface area contributed by atoms with Crippen LogP contribution in [-0.4, -0.2) is 19.8 Å². The fourth-order valence-corrected chi connectivity index (χ4v) is 4.74. The maximum atomic E-state index is 4.64. The molecule has 1 heterocycles. The van der Waals surface area contributed by atoms with Gasteiger partial charge in [0, 0.05) is 16.8 Å². The number of benzene rings is 2. The smallest absolute Gasteiger partial charge is 0.135 e. The van der Waals surface area contributed by atoms with Crippen molar-refractivity contribution in [3.05, 3.63) is 64.7 Å². The van der Waals surface area contributed by atoms with Gasteiger partial charge < -0.3 is 9.38 Å². The third-order valence-electron chi connectivity index (χ3n) is 5.30. The van der Waals surface area contributed by atoms with Crippen molar-refractivity contribution < 1.29 is 0 Å². The Labute approximate surface area is 147 Å². The summed E-state index contributed by atoms with van der Waals surface area (Å²) in [6.07, 6.45) is 0. The molecule has 1 fully saturated rings. The number of hydrogen-bond donors (Lipinski definition) is 0. The van der Waals surface area contributed by atoms with Crippen molar-refractivity contribution in [1.82, 2.24) is 4.48 Å². The largest absolute Gasteiger partial charge is 0.405 e. The van der Waals surface area contributed by atoms with E-state index in [0.717, 1.165) is 24.2 Å². The molecule has 1 atom stereocenters. The molecule has 1 unspecified atom stereocenters. The highest BCUT2D eigenvalue weighted by Crippen LogP contribution is 2.37. The van der Waals surface area contributed by atoms with Crippen LogP contribution in [0, 0.1) is 48.6 Å². The van der Waals surface area contributed by atoms with Gasteiger partial charge in [0.1, 0.15) is 12.4 Å². The third-order valence-corrected chi connectivity index (χ3v) is 5.30. The van der Waals surface area contributed by atoms with Gasteiger partial charge in [0.15, 0.2) is 0 Å². The van der Waals surface area contributed by atoms with Crippen LogP contribution in [0.5, 0.6) is 0 Å². The minimum Gasteiger partial charge on any atom is -0.405 e. The average Bonchev–Trinajstić information content (AvgIpc) is 2.78. The van der Waals surface area contributed by atoms with Crippen molar-refractivity contribution in [1.29, 1.82) is 0 Å². The van der Waals surface area contributed by atoms with Crippen molar-refractivity contribution >= 4 is 11.4 Å². The zero-order valence-corrected chi connectivity index (χ0v) is 16.0. The number of quaternary nitrogens is 1. The summed E-state index contributed by atoms with van der Waals surface area (Å²) in [5.41, 5.74) is 10.9. The van der Waals surface area contributed by atoms with Crippen LogP contribution >= 0.6 is 0 Å². The summed E-state index contributed by atoms with van der Waals surface area (Å²) in [6, 6.07) is 9.17. The minimum absolute atomic E-state index is 0.755. The van der Waals surface area contributed by atoms with Crippen molar-refractivity contribution in [2.24, 2.45) is 0 Å². The second-order valence-corrected chi connectivity index (χ2v) is 7.77. The van der Waals surface area contributed by atoms with Gasteiger partial charge in [-0.3, -0.25) is 0 Å². The molecule has 2 nitrogen and oxygen atoms in total. The molecule has 0 radical (unpaired) electrons. The van der Waals surface area contributed by atoms with Gasteiger partial charge in [-0.1, -0.05) is 35.4 Å². The molecule has 1 saturated heterocycles. The lowest BCUT2D eigenvalue weighted by Gasteiger charge is -2.40. The Morgan fingerprint density at radius 1 is 0.792 bits per heavy atom. The van der Waals surface area contributed by atoms with Gasteiger partial charge in [-0.25, -0.2) is 0 Å². The maximum Gasteiger partial charge on any atom is 0.135 e. The first-order chi connectivity index (χ1) is 11.2. The van der Waals surface area contributed by atoms with Gasteiger partial charge in [0.25, 0.3) is 0 Å². The van der Waals surface area contributed by atoms with E-state index in [2.05, 4.69) is 77.8 Å². The lowest BCUT2D eigenvalue weighted by atomic mass is 10.0. The predicted octanol–water partition coefficient (Wildman–Crippen LogP) is 5.11.